The van der Waals surface area contributed by atoms with Gasteiger partial charge in [-0.05, 0) is 18.9 Å². The van der Waals surface area contributed by atoms with Crippen molar-refractivity contribution in [2.45, 2.75) is 25.8 Å². The van der Waals surface area contributed by atoms with E-state index in [0.717, 1.165) is 12.0 Å². The highest BCUT2D eigenvalue weighted by atomic mass is 35.5. The molecular formula is C14H22ClNO4S. The molecule has 0 aliphatic carbocycles. The molecule has 120 valence electrons. The Hall–Kier alpha value is -0.980. The SMILES string of the molecule is CCC(N)Cc1cc(Cl)cc(OC)c1OCCS(C)(=O)=O. The van der Waals surface area contributed by atoms with Crippen LogP contribution >= 0.6 is 11.6 Å². The fourth-order valence-electron chi connectivity index (χ4n) is 1.81. The summed E-state index contributed by atoms with van der Waals surface area (Å²) in [5.41, 5.74) is 6.80. The van der Waals surface area contributed by atoms with E-state index in [1.54, 1.807) is 12.1 Å². The summed E-state index contributed by atoms with van der Waals surface area (Å²) >= 11 is 6.06. The van der Waals surface area contributed by atoms with Crippen LogP contribution in [0.3, 0.4) is 0 Å². The first-order valence-electron chi connectivity index (χ1n) is 6.69. The van der Waals surface area contributed by atoms with Crippen LogP contribution in [0.15, 0.2) is 12.1 Å². The highest BCUT2D eigenvalue weighted by Gasteiger charge is 2.16. The molecule has 0 aromatic heterocycles. The highest BCUT2D eigenvalue weighted by molar-refractivity contribution is 7.90. The predicted octanol–water partition coefficient (Wildman–Crippen LogP) is 2.05. The van der Waals surface area contributed by atoms with E-state index in [4.69, 9.17) is 26.8 Å². The van der Waals surface area contributed by atoms with Gasteiger partial charge in [-0.25, -0.2) is 8.42 Å². The van der Waals surface area contributed by atoms with E-state index in [0.29, 0.717) is 22.9 Å². The molecule has 0 fully saturated rings. The molecule has 5 nitrogen and oxygen atoms in total. The summed E-state index contributed by atoms with van der Waals surface area (Å²) in [6, 6.07) is 3.39. The molecule has 1 aromatic carbocycles. The number of hydrogen-bond donors (Lipinski definition) is 1. The van der Waals surface area contributed by atoms with Gasteiger partial charge in [0, 0.05) is 29.0 Å². The zero-order valence-corrected chi connectivity index (χ0v) is 14.1. The zero-order chi connectivity index (χ0) is 16.0. The van der Waals surface area contributed by atoms with Gasteiger partial charge in [0.05, 0.1) is 12.9 Å². The second-order valence-corrected chi connectivity index (χ2v) is 7.64. The van der Waals surface area contributed by atoms with Crippen LogP contribution in [0.1, 0.15) is 18.9 Å². The van der Waals surface area contributed by atoms with Crippen molar-refractivity contribution in [2.75, 3.05) is 25.7 Å². The van der Waals surface area contributed by atoms with Crippen molar-refractivity contribution in [1.82, 2.24) is 0 Å². The van der Waals surface area contributed by atoms with Gasteiger partial charge in [0.25, 0.3) is 0 Å². The summed E-state index contributed by atoms with van der Waals surface area (Å²) in [6.07, 6.45) is 2.57. The summed E-state index contributed by atoms with van der Waals surface area (Å²) in [7, 11) is -1.57. The van der Waals surface area contributed by atoms with Crippen molar-refractivity contribution in [2.24, 2.45) is 5.73 Å². The Balaban J connectivity index is 3.01. The molecule has 7 heteroatoms. The molecule has 0 bridgehead atoms. The van der Waals surface area contributed by atoms with Gasteiger partial charge in [-0.15, -0.1) is 0 Å². The quantitative estimate of drug-likeness (QED) is 0.786. The van der Waals surface area contributed by atoms with Gasteiger partial charge < -0.3 is 15.2 Å². The molecule has 0 amide bonds. The van der Waals surface area contributed by atoms with Crippen LogP contribution in [0, 0.1) is 0 Å². The third-order valence-corrected chi connectivity index (χ3v) is 4.15. The van der Waals surface area contributed by atoms with Crippen molar-refractivity contribution >= 4 is 21.4 Å². The molecule has 0 saturated heterocycles. The Labute approximate surface area is 131 Å². The zero-order valence-electron chi connectivity index (χ0n) is 12.6. The van der Waals surface area contributed by atoms with Crippen LogP contribution in [0.2, 0.25) is 5.02 Å². The number of ether oxygens (including phenoxy) is 2. The Morgan fingerprint density at radius 1 is 1.38 bits per heavy atom. The molecule has 1 aromatic rings. The van der Waals surface area contributed by atoms with Crippen molar-refractivity contribution in [3.8, 4) is 11.5 Å². The fourth-order valence-corrected chi connectivity index (χ4v) is 2.43. The van der Waals surface area contributed by atoms with Crippen molar-refractivity contribution in [3.05, 3.63) is 22.7 Å². The normalized spacial score (nSPS) is 13.0. The van der Waals surface area contributed by atoms with Crippen LogP contribution < -0.4 is 15.2 Å². The Morgan fingerprint density at radius 2 is 2.05 bits per heavy atom. The number of sulfone groups is 1. The lowest BCUT2D eigenvalue weighted by Gasteiger charge is -2.17. The lowest BCUT2D eigenvalue weighted by molar-refractivity contribution is 0.307. The van der Waals surface area contributed by atoms with E-state index in [-0.39, 0.29) is 18.4 Å². The van der Waals surface area contributed by atoms with Gasteiger partial charge >= 0.3 is 0 Å². The topological polar surface area (TPSA) is 78.6 Å². The number of hydrogen-bond acceptors (Lipinski definition) is 5. The molecular weight excluding hydrogens is 314 g/mol. The highest BCUT2D eigenvalue weighted by Crippen LogP contribution is 2.35. The smallest absolute Gasteiger partial charge is 0.164 e. The van der Waals surface area contributed by atoms with Gasteiger partial charge in [-0.1, -0.05) is 18.5 Å². The third-order valence-electron chi connectivity index (χ3n) is 3.02. The van der Waals surface area contributed by atoms with Gasteiger partial charge in [0.1, 0.15) is 6.61 Å². The third kappa shape index (κ3) is 6.11. The average molecular weight is 336 g/mol. The first kappa shape index (κ1) is 18.1. The standard InChI is InChI=1S/C14H22ClNO4S/c1-4-12(16)8-10-7-11(15)9-13(19-2)14(10)20-5-6-21(3,17)18/h7,9,12H,4-6,8,16H2,1-3H3. The van der Waals surface area contributed by atoms with Gasteiger partial charge in [-0.2, -0.15) is 0 Å². The number of halogens is 1. The lowest BCUT2D eigenvalue weighted by atomic mass is 10.0. The number of benzene rings is 1. The molecule has 0 radical (unpaired) electrons. The van der Waals surface area contributed by atoms with Gasteiger partial charge in [0.15, 0.2) is 21.3 Å². The number of nitrogens with two attached hydrogens (primary N) is 1. The van der Waals surface area contributed by atoms with Crippen molar-refractivity contribution < 1.29 is 17.9 Å². The van der Waals surface area contributed by atoms with Gasteiger partial charge in [0.2, 0.25) is 0 Å². The Bertz CT molecular complexity index is 575. The summed E-state index contributed by atoms with van der Waals surface area (Å²) < 4.78 is 33.3. The summed E-state index contributed by atoms with van der Waals surface area (Å²) in [4.78, 5) is 0. The maximum atomic E-state index is 11.2. The molecule has 1 unspecified atom stereocenters. The van der Waals surface area contributed by atoms with E-state index in [9.17, 15) is 8.42 Å². The van der Waals surface area contributed by atoms with E-state index in [1.165, 1.54) is 13.4 Å². The van der Waals surface area contributed by atoms with E-state index < -0.39 is 9.84 Å². The molecule has 1 atom stereocenters. The molecule has 21 heavy (non-hydrogen) atoms. The van der Waals surface area contributed by atoms with E-state index in [2.05, 4.69) is 0 Å². The minimum Gasteiger partial charge on any atom is -0.493 e. The van der Waals surface area contributed by atoms with E-state index in [1.807, 2.05) is 6.92 Å². The van der Waals surface area contributed by atoms with Crippen LogP contribution in [0.25, 0.3) is 0 Å². The fraction of sp³-hybridized carbons (Fsp3) is 0.571. The average Bonchev–Trinajstić information content (AvgIpc) is 2.39. The second-order valence-electron chi connectivity index (χ2n) is 4.95. The summed E-state index contributed by atoms with van der Waals surface area (Å²) in [5.74, 6) is 0.932. The molecule has 0 spiro atoms. The molecule has 0 saturated carbocycles. The van der Waals surface area contributed by atoms with Crippen LogP contribution in [0.5, 0.6) is 11.5 Å². The molecule has 2 N–H and O–H groups in total. The van der Waals surface area contributed by atoms with Crippen molar-refractivity contribution in [1.29, 1.82) is 0 Å². The van der Waals surface area contributed by atoms with Crippen molar-refractivity contribution in [3.63, 3.8) is 0 Å². The minimum absolute atomic E-state index is 0.0227. The van der Waals surface area contributed by atoms with Crippen LogP contribution in [-0.2, 0) is 16.3 Å². The Morgan fingerprint density at radius 3 is 2.57 bits per heavy atom. The maximum Gasteiger partial charge on any atom is 0.164 e. The number of methoxy groups -OCH3 is 1. The molecule has 0 aliphatic rings. The molecule has 0 aliphatic heterocycles. The summed E-state index contributed by atoms with van der Waals surface area (Å²) in [6.45, 7) is 2.06. The first-order chi connectivity index (χ1) is 9.76. The van der Waals surface area contributed by atoms with Gasteiger partial charge in [-0.3, -0.25) is 0 Å². The molecule has 1 rings (SSSR count). The minimum atomic E-state index is -3.08. The lowest BCUT2D eigenvalue weighted by Crippen LogP contribution is -2.22. The second kappa shape index (κ2) is 7.87. The maximum absolute atomic E-state index is 11.2. The van der Waals surface area contributed by atoms with E-state index >= 15 is 0 Å². The predicted molar refractivity (Wildman–Crippen MR) is 85.2 cm³/mol. The van der Waals surface area contributed by atoms with Crippen LogP contribution in [-0.4, -0.2) is 40.2 Å². The Kier molecular flexibility index (Phi) is 6.77. The first-order valence-corrected chi connectivity index (χ1v) is 9.13. The molecule has 0 heterocycles. The van der Waals surface area contributed by atoms with Crippen LogP contribution in [0.4, 0.5) is 0 Å². The summed E-state index contributed by atoms with van der Waals surface area (Å²) in [5, 5.41) is 0.528. The largest absolute Gasteiger partial charge is 0.493 e. The number of rotatable bonds is 8. The monoisotopic (exact) mass is 335 g/mol.